The first-order chi connectivity index (χ1) is 6.84. The van der Waals surface area contributed by atoms with E-state index in [4.69, 9.17) is 0 Å². The van der Waals surface area contributed by atoms with Crippen LogP contribution in [0.2, 0.25) is 0 Å². The van der Waals surface area contributed by atoms with Gasteiger partial charge in [-0.15, -0.1) is 11.3 Å². The fraction of sp³-hybridized carbons (Fsp3) is 0.727. The van der Waals surface area contributed by atoms with Gasteiger partial charge in [0.05, 0.1) is 5.51 Å². The van der Waals surface area contributed by atoms with Crippen LogP contribution in [0.25, 0.3) is 0 Å². The second kappa shape index (κ2) is 3.31. The van der Waals surface area contributed by atoms with E-state index < -0.39 is 0 Å². The van der Waals surface area contributed by atoms with E-state index in [0.29, 0.717) is 6.04 Å². The molecule has 0 amide bonds. The molecule has 0 spiro atoms. The molecule has 1 aromatic heterocycles. The van der Waals surface area contributed by atoms with E-state index in [9.17, 15) is 0 Å². The first-order valence-electron chi connectivity index (χ1n) is 5.49. The van der Waals surface area contributed by atoms with Crippen LogP contribution in [-0.4, -0.2) is 11.0 Å². The Labute approximate surface area is 88.7 Å². The minimum Gasteiger partial charge on any atom is -0.306 e. The van der Waals surface area contributed by atoms with E-state index in [1.807, 2.05) is 11.7 Å². The normalized spacial score (nSPS) is 36.8. The quantitative estimate of drug-likeness (QED) is 0.826. The lowest BCUT2D eigenvalue weighted by atomic mass is 10.1. The zero-order valence-corrected chi connectivity index (χ0v) is 9.26. The zero-order chi connectivity index (χ0) is 9.54. The molecular formula is C11H16N2S. The van der Waals surface area contributed by atoms with E-state index >= 15 is 0 Å². The number of fused-ring (bicyclic) bond motifs is 1. The lowest BCUT2D eigenvalue weighted by Crippen LogP contribution is -2.31. The molecule has 2 aliphatic carbocycles. The predicted octanol–water partition coefficient (Wildman–Crippen LogP) is 2.59. The summed E-state index contributed by atoms with van der Waals surface area (Å²) in [5, 5.41) is 3.74. The number of hydrogen-bond acceptors (Lipinski definition) is 3. The van der Waals surface area contributed by atoms with Gasteiger partial charge in [-0.3, -0.25) is 4.98 Å². The molecular weight excluding hydrogens is 192 g/mol. The van der Waals surface area contributed by atoms with Gasteiger partial charge in [0, 0.05) is 23.2 Å². The molecule has 4 atom stereocenters. The summed E-state index contributed by atoms with van der Waals surface area (Å²) in [4.78, 5) is 5.50. The molecule has 4 unspecified atom stereocenters. The topological polar surface area (TPSA) is 24.9 Å². The number of rotatable bonds is 3. The van der Waals surface area contributed by atoms with Gasteiger partial charge in [-0.25, -0.2) is 0 Å². The fourth-order valence-corrected chi connectivity index (χ4v) is 3.39. The molecule has 2 fully saturated rings. The second-order valence-corrected chi connectivity index (χ2v) is 5.55. The van der Waals surface area contributed by atoms with Gasteiger partial charge in [-0.05, 0) is 38.0 Å². The lowest BCUT2D eigenvalue weighted by molar-refractivity contribution is 0.428. The minimum atomic E-state index is 0.492. The largest absolute Gasteiger partial charge is 0.306 e. The molecule has 1 heterocycles. The number of nitrogens with one attached hydrogen (secondary N) is 1. The maximum absolute atomic E-state index is 4.13. The Morgan fingerprint density at radius 2 is 2.50 bits per heavy atom. The first-order valence-corrected chi connectivity index (χ1v) is 6.37. The van der Waals surface area contributed by atoms with Crippen LogP contribution in [0.1, 0.15) is 37.1 Å². The monoisotopic (exact) mass is 208 g/mol. The van der Waals surface area contributed by atoms with Crippen molar-refractivity contribution in [1.82, 2.24) is 10.3 Å². The molecule has 0 radical (unpaired) electrons. The molecule has 76 valence electrons. The van der Waals surface area contributed by atoms with Crippen LogP contribution in [0.5, 0.6) is 0 Å². The highest BCUT2D eigenvalue weighted by molar-refractivity contribution is 7.09. The van der Waals surface area contributed by atoms with Crippen molar-refractivity contribution >= 4 is 11.3 Å². The van der Waals surface area contributed by atoms with Crippen molar-refractivity contribution < 1.29 is 0 Å². The van der Waals surface area contributed by atoms with Gasteiger partial charge in [-0.1, -0.05) is 0 Å². The van der Waals surface area contributed by atoms with E-state index in [2.05, 4.69) is 17.2 Å². The van der Waals surface area contributed by atoms with Crippen molar-refractivity contribution in [1.29, 1.82) is 0 Å². The summed E-state index contributed by atoms with van der Waals surface area (Å²) in [7, 11) is 0. The van der Waals surface area contributed by atoms with Crippen LogP contribution in [-0.2, 0) is 0 Å². The summed E-state index contributed by atoms with van der Waals surface area (Å²) in [6.07, 6.45) is 6.31. The molecule has 0 aromatic carbocycles. The zero-order valence-electron chi connectivity index (χ0n) is 8.44. The fourth-order valence-electron chi connectivity index (χ4n) is 2.75. The van der Waals surface area contributed by atoms with Gasteiger partial charge >= 0.3 is 0 Å². The summed E-state index contributed by atoms with van der Waals surface area (Å²) in [6, 6.07) is 1.28. The van der Waals surface area contributed by atoms with Gasteiger partial charge < -0.3 is 5.32 Å². The minimum absolute atomic E-state index is 0.492. The average molecular weight is 208 g/mol. The van der Waals surface area contributed by atoms with Gasteiger partial charge in [-0.2, -0.15) is 0 Å². The first kappa shape index (κ1) is 8.86. The van der Waals surface area contributed by atoms with Crippen molar-refractivity contribution in [3.63, 3.8) is 0 Å². The van der Waals surface area contributed by atoms with Gasteiger partial charge in [0.1, 0.15) is 0 Å². The third-order valence-corrected chi connectivity index (χ3v) is 4.64. The van der Waals surface area contributed by atoms with Crippen LogP contribution in [0.15, 0.2) is 11.7 Å². The van der Waals surface area contributed by atoms with Gasteiger partial charge in [0.25, 0.3) is 0 Å². The Bertz CT molecular complexity index is 309. The van der Waals surface area contributed by atoms with E-state index in [1.54, 1.807) is 11.3 Å². The highest BCUT2D eigenvalue weighted by atomic mass is 32.1. The van der Waals surface area contributed by atoms with E-state index in [0.717, 1.165) is 17.9 Å². The molecule has 1 N–H and O–H groups in total. The molecule has 2 nitrogen and oxygen atoms in total. The van der Waals surface area contributed by atoms with Crippen molar-refractivity contribution in [3.05, 3.63) is 16.6 Å². The van der Waals surface area contributed by atoms with Crippen LogP contribution < -0.4 is 5.32 Å². The molecule has 1 aromatic rings. The van der Waals surface area contributed by atoms with Crippen molar-refractivity contribution in [3.8, 4) is 0 Å². The molecule has 14 heavy (non-hydrogen) atoms. The summed E-state index contributed by atoms with van der Waals surface area (Å²) in [5.41, 5.74) is 1.92. The standard InChI is InChI=1S/C11H16N2S/c1-7(11-5-12-6-14-11)13-10-3-2-8-4-9(8)10/h5-10,13H,2-4H2,1H3. The van der Waals surface area contributed by atoms with Crippen molar-refractivity contribution in [2.45, 2.75) is 38.3 Å². The van der Waals surface area contributed by atoms with Gasteiger partial charge in [0.15, 0.2) is 0 Å². The maximum atomic E-state index is 4.13. The number of aromatic nitrogens is 1. The van der Waals surface area contributed by atoms with Crippen LogP contribution >= 0.6 is 11.3 Å². The summed E-state index contributed by atoms with van der Waals surface area (Å²) in [6.45, 7) is 2.25. The van der Waals surface area contributed by atoms with Crippen molar-refractivity contribution in [2.75, 3.05) is 0 Å². The summed E-state index contributed by atoms with van der Waals surface area (Å²) in [5.74, 6) is 2.08. The Morgan fingerprint density at radius 3 is 3.07 bits per heavy atom. The number of nitrogens with zero attached hydrogens (tertiary/aromatic N) is 1. The molecule has 3 rings (SSSR count). The van der Waals surface area contributed by atoms with Crippen LogP contribution in [0, 0.1) is 11.8 Å². The highest BCUT2D eigenvalue weighted by Crippen LogP contribution is 2.52. The Morgan fingerprint density at radius 1 is 1.57 bits per heavy atom. The van der Waals surface area contributed by atoms with Gasteiger partial charge in [0.2, 0.25) is 0 Å². The maximum Gasteiger partial charge on any atom is 0.0794 e. The van der Waals surface area contributed by atoms with E-state index in [-0.39, 0.29) is 0 Å². The lowest BCUT2D eigenvalue weighted by Gasteiger charge is -2.19. The summed E-state index contributed by atoms with van der Waals surface area (Å²) >= 11 is 1.76. The van der Waals surface area contributed by atoms with Crippen molar-refractivity contribution in [2.24, 2.45) is 11.8 Å². The van der Waals surface area contributed by atoms with Crippen LogP contribution in [0.3, 0.4) is 0 Å². The summed E-state index contributed by atoms with van der Waals surface area (Å²) < 4.78 is 0. The average Bonchev–Trinajstić information content (AvgIpc) is 2.66. The second-order valence-electron chi connectivity index (χ2n) is 4.64. The predicted molar refractivity (Wildman–Crippen MR) is 58.3 cm³/mol. The molecule has 3 heteroatoms. The number of thiazole rings is 1. The number of hydrogen-bond donors (Lipinski definition) is 1. The molecule has 2 aliphatic rings. The van der Waals surface area contributed by atoms with Crippen LogP contribution in [0.4, 0.5) is 0 Å². The smallest absolute Gasteiger partial charge is 0.0794 e. The third-order valence-electron chi connectivity index (χ3n) is 3.68. The highest BCUT2D eigenvalue weighted by Gasteiger charge is 2.48. The SMILES string of the molecule is CC(NC1CCC2CC21)c1cncs1. The Hall–Kier alpha value is -0.410. The molecule has 0 bridgehead atoms. The van der Waals surface area contributed by atoms with E-state index in [1.165, 1.54) is 24.1 Å². The Kier molecular flexibility index (Phi) is 2.10. The molecule has 2 saturated carbocycles. The third kappa shape index (κ3) is 1.48. The molecule has 0 aliphatic heterocycles. The Balaban J connectivity index is 1.61. The molecule has 0 saturated heterocycles.